The van der Waals surface area contributed by atoms with Gasteiger partial charge in [0, 0.05) is 25.2 Å². The van der Waals surface area contributed by atoms with Crippen LogP contribution in [0.3, 0.4) is 0 Å². The van der Waals surface area contributed by atoms with E-state index >= 15 is 0 Å². The second-order valence-electron chi connectivity index (χ2n) is 7.16. The van der Waals surface area contributed by atoms with Gasteiger partial charge in [0.15, 0.2) is 5.82 Å². The molecule has 8 heteroatoms. The van der Waals surface area contributed by atoms with Crippen LogP contribution in [0.25, 0.3) is 0 Å². The highest BCUT2D eigenvalue weighted by Gasteiger charge is 2.21. The van der Waals surface area contributed by atoms with Gasteiger partial charge in [0.25, 0.3) is 0 Å². The van der Waals surface area contributed by atoms with E-state index in [1.165, 1.54) is 24.6 Å². The van der Waals surface area contributed by atoms with Crippen molar-refractivity contribution in [1.82, 2.24) is 15.4 Å². The Kier molecular flexibility index (Phi) is 7.96. The molecule has 0 aromatic carbocycles. The maximum Gasteiger partial charge on any atom is 0.238 e. The first-order chi connectivity index (χ1) is 12.3. The molecule has 3 atom stereocenters. The summed E-state index contributed by atoms with van der Waals surface area (Å²) in [7, 11) is 0. The number of piperidine rings is 1. The Labute approximate surface area is 159 Å². The van der Waals surface area contributed by atoms with Crippen molar-refractivity contribution < 1.29 is 14.1 Å². The highest BCUT2D eigenvalue weighted by Crippen LogP contribution is 2.17. The molecule has 1 fully saturated rings. The van der Waals surface area contributed by atoms with Crippen LogP contribution in [0.4, 0.5) is 5.82 Å². The smallest absolute Gasteiger partial charge is 0.238 e. The van der Waals surface area contributed by atoms with E-state index in [2.05, 4.69) is 34.5 Å². The fourth-order valence-corrected chi connectivity index (χ4v) is 3.71. The molecule has 146 valence electrons. The number of rotatable bonds is 8. The van der Waals surface area contributed by atoms with Gasteiger partial charge in [0.1, 0.15) is 5.76 Å². The molecular weight excluding hydrogens is 352 g/mol. The van der Waals surface area contributed by atoms with E-state index in [0.29, 0.717) is 24.2 Å². The predicted molar refractivity (Wildman–Crippen MR) is 104 cm³/mol. The van der Waals surface area contributed by atoms with Crippen molar-refractivity contribution >= 4 is 29.4 Å². The molecule has 1 aliphatic rings. The van der Waals surface area contributed by atoms with E-state index in [-0.39, 0.29) is 22.8 Å². The number of anilines is 1. The Bertz CT molecular complexity index is 607. The Morgan fingerprint density at radius 3 is 2.88 bits per heavy atom. The number of aromatic nitrogens is 1. The maximum absolute atomic E-state index is 12.1. The third-order valence-electron chi connectivity index (χ3n) is 4.62. The van der Waals surface area contributed by atoms with E-state index in [4.69, 9.17) is 4.52 Å². The molecule has 2 N–H and O–H groups in total. The van der Waals surface area contributed by atoms with Gasteiger partial charge in [-0.2, -0.15) is 0 Å². The van der Waals surface area contributed by atoms with Gasteiger partial charge in [-0.3, -0.25) is 14.5 Å². The van der Waals surface area contributed by atoms with Crippen molar-refractivity contribution in [3.63, 3.8) is 0 Å². The van der Waals surface area contributed by atoms with E-state index in [1.807, 2.05) is 0 Å². The summed E-state index contributed by atoms with van der Waals surface area (Å²) in [4.78, 5) is 26.6. The molecule has 1 aromatic rings. The molecule has 2 rings (SSSR count). The molecule has 0 saturated carbocycles. The number of carbonyl (C=O) groups is 2. The highest BCUT2D eigenvalue weighted by atomic mass is 32.2. The predicted octanol–water partition coefficient (Wildman–Crippen LogP) is 2.28. The first-order valence-corrected chi connectivity index (χ1v) is 10.3. The molecule has 0 bridgehead atoms. The number of aryl methyl sites for hydroxylation is 1. The summed E-state index contributed by atoms with van der Waals surface area (Å²) in [6, 6.07) is 1.99. The Morgan fingerprint density at radius 1 is 1.46 bits per heavy atom. The molecule has 26 heavy (non-hydrogen) atoms. The minimum absolute atomic E-state index is 0.0381. The first-order valence-electron chi connectivity index (χ1n) is 9.21. The minimum Gasteiger partial charge on any atom is -0.360 e. The molecular formula is C18H30N4O3S. The van der Waals surface area contributed by atoms with E-state index < -0.39 is 0 Å². The van der Waals surface area contributed by atoms with Crippen LogP contribution in [0.1, 0.15) is 39.4 Å². The monoisotopic (exact) mass is 382 g/mol. The van der Waals surface area contributed by atoms with Crippen LogP contribution in [0.2, 0.25) is 0 Å². The minimum atomic E-state index is -0.349. The number of thioether (sulfide) groups is 1. The first kappa shape index (κ1) is 20.8. The normalized spacial score (nSPS) is 20.4. The van der Waals surface area contributed by atoms with Crippen LogP contribution in [0.5, 0.6) is 0 Å². The second kappa shape index (κ2) is 9.97. The highest BCUT2D eigenvalue weighted by molar-refractivity contribution is 8.01. The van der Waals surface area contributed by atoms with Gasteiger partial charge in [-0.25, -0.2) is 0 Å². The molecule has 0 spiro atoms. The molecule has 1 aromatic heterocycles. The zero-order valence-corrected chi connectivity index (χ0v) is 16.9. The number of carbonyl (C=O) groups excluding carboxylic acids is 2. The molecule has 3 unspecified atom stereocenters. The molecule has 1 saturated heterocycles. The van der Waals surface area contributed by atoms with Crippen molar-refractivity contribution in [2.24, 2.45) is 5.92 Å². The van der Waals surface area contributed by atoms with Crippen LogP contribution >= 0.6 is 11.8 Å². The molecule has 0 radical (unpaired) electrons. The average molecular weight is 383 g/mol. The van der Waals surface area contributed by atoms with Gasteiger partial charge in [-0.15, -0.1) is 11.8 Å². The lowest BCUT2D eigenvalue weighted by Gasteiger charge is -2.35. The fraction of sp³-hybridized carbons (Fsp3) is 0.722. The topological polar surface area (TPSA) is 87.5 Å². The van der Waals surface area contributed by atoms with Crippen molar-refractivity contribution in [3.05, 3.63) is 11.8 Å². The van der Waals surface area contributed by atoms with Crippen molar-refractivity contribution in [2.45, 2.75) is 51.8 Å². The zero-order chi connectivity index (χ0) is 19.1. The summed E-state index contributed by atoms with van der Waals surface area (Å²) in [5.74, 6) is 1.79. The SMILES string of the molecule is Cc1cc(NC(=O)C(C)SCC(=O)NCC(C)N2CCCC(C)C2)no1. The summed E-state index contributed by atoms with van der Waals surface area (Å²) >= 11 is 1.31. The van der Waals surface area contributed by atoms with Crippen LogP contribution in [-0.2, 0) is 9.59 Å². The van der Waals surface area contributed by atoms with Crippen LogP contribution < -0.4 is 10.6 Å². The average Bonchev–Trinajstić information content (AvgIpc) is 3.02. The maximum atomic E-state index is 12.1. The molecule has 1 aliphatic heterocycles. The van der Waals surface area contributed by atoms with Gasteiger partial charge in [-0.05, 0) is 46.1 Å². The van der Waals surface area contributed by atoms with Gasteiger partial charge in [-0.1, -0.05) is 12.1 Å². The Hall–Kier alpha value is -1.54. The number of hydrogen-bond acceptors (Lipinski definition) is 6. The summed E-state index contributed by atoms with van der Waals surface area (Å²) in [6.07, 6.45) is 2.52. The van der Waals surface area contributed by atoms with Crippen molar-refractivity contribution in [2.75, 3.05) is 30.7 Å². The molecule has 2 amide bonds. The lowest BCUT2D eigenvalue weighted by molar-refractivity contribution is -0.118. The number of nitrogens with zero attached hydrogens (tertiary/aromatic N) is 2. The van der Waals surface area contributed by atoms with Crippen molar-refractivity contribution in [3.8, 4) is 0 Å². The summed E-state index contributed by atoms with van der Waals surface area (Å²) in [6.45, 7) is 10.8. The summed E-state index contributed by atoms with van der Waals surface area (Å²) < 4.78 is 4.91. The van der Waals surface area contributed by atoms with Crippen LogP contribution in [0, 0.1) is 12.8 Å². The third kappa shape index (κ3) is 6.64. The van der Waals surface area contributed by atoms with Gasteiger partial charge >= 0.3 is 0 Å². The molecule has 7 nitrogen and oxygen atoms in total. The number of nitrogens with one attached hydrogen (secondary N) is 2. The van der Waals surface area contributed by atoms with Gasteiger partial charge in [0.05, 0.1) is 11.0 Å². The quantitative estimate of drug-likeness (QED) is 0.717. The van der Waals surface area contributed by atoms with Gasteiger partial charge in [0.2, 0.25) is 11.8 Å². The van der Waals surface area contributed by atoms with Gasteiger partial charge < -0.3 is 15.2 Å². The number of hydrogen-bond donors (Lipinski definition) is 2. The van der Waals surface area contributed by atoms with E-state index in [1.54, 1.807) is 19.9 Å². The second-order valence-corrected chi connectivity index (χ2v) is 8.49. The number of likely N-dealkylation sites (tertiary alicyclic amines) is 1. The Morgan fingerprint density at radius 2 is 2.23 bits per heavy atom. The molecule has 2 heterocycles. The lowest BCUT2D eigenvalue weighted by Crippen LogP contribution is -2.46. The Balaban J connectivity index is 1.65. The van der Waals surface area contributed by atoms with E-state index in [0.717, 1.165) is 19.0 Å². The molecule has 0 aliphatic carbocycles. The standard InChI is InChI=1S/C18H30N4O3S/c1-12-6-5-7-22(10-12)13(2)9-19-17(23)11-26-15(4)18(24)20-16-8-14(3)25-21-16/h8,12-13,15H,5-7,9-11H2,1-4H3,(H,19,23)(H,20,21,24). The third-order valence-corrected chi connectivity index (χ3v) is 5.76. The van der Waals surface area contributed by atoms with Crippen LogP contribution in [0.15, 0.2) is 10.6 Å². The van der Waals surface area contributed by atoms with Crippen molar-refractivity contribution in [1.29, 1.82) is 0 Å². The number of amides is 2. The largest absolute Gasteiger partial charge is 0.360 e. The lowest BCUT2D eigenvalue weighted by atomic mass is 9.99. The van der Waals surface area contributed by atoms with Crippen LogP contribution in [-0.4, -0.2) is 58.5 Å². The summed E-state index contributed by atoms with van der Waals surface area (Å²) in [5, 5.41) is 9.04. The fourth-order valence-electron chi connectivity index (χ4n) is 3.00. The zero-order valence-electron chi connectivity index (χ0n) is 16.1. The summed E-state index contributed by atoms with van der Waals surface area (Å²) in [5.41, 5.74) is 0. The van der Waals surface area contributed by atoms with E-state index in [9.17, 15) is 9.59 Å².